The Bertz CT molecular complexity index is 390. The second-order valence-electron chi connectivity index (χ2n) is 4.23. The summed E-state index contributed by atoms with van der Waals surface area (Å²) in [6.07, 6.45) is 1.83. The van der Waals surface area contributed by atoms with Crippen LogP contribution in [-0.2, 0) is 11.2 Å². The number of carbonyl (C=O) groups is 1. The van der Waals surface area contributed by atoms with Gasteiger partial charge in [0.05, 0.1) is 0 Å². The highest BCUT2D eigenvalue weighted by Gasteiger charge is 2.12. The lowest BCUT2D eigenvalue weighted by Crippen LogP contribution is -2.29. The Balaban J connectivity index is 2.99. The lowest BCUT2D eigenvalue weighted by molar-refractivity contribution is -0.116. The highest BCUT2D eigenvalue weighted by molar-refractivity contribution is 6.18. The molecule has 0 bridgehead atoms. The smallest absolute Gasteiger partial charge is 0.223 e. The minimum absolute atomic E-state index is 0.0973. The van der Waals surface area contributed by atoms with Gasteiger partial charge in [-0.25, -0.2) is 0 Å². The Hall–Kier alpha value is -1.02. The van der Waals surface area contributed by atoms with Crippen molar-refractivity contribution in [1.29, 1.82) is 0 Å². The number of halogens is 1. The third kappa shape index (κ3) is 3.74. The molecule has 0 N–H and O–H groups in total. The number of rotatable bonds is 5. The molecule has 0 fully saturated rings. The SMILES string of the molecule is CCCN(C(C)=O)c1ccc(CCCl)cc1C. The molecule has 0 heterocycles. The maximum atomic E-state index is 11.6. The number of anilines is 1. The third-order valence-electron chi connectivity index (χ3n) is 2.76. The van der Waals surface area contributed by atoms with Crippen LogP contribution in [0.2, 0.25) is 0 Å². The number of nitrogens with zero attached hydrogens (tertiary/aromatic N) is 1. The fraction of sp³-hybridized carbons (Fsp3) is 0.500. The van der Waals surface area contributed by atoms with Crippen molar-refractivity contribution in [1.82, 2.24) is 0 Å². The van der Waals surface area contributed by atoms with E-state index in [0.29, 0.717) is 5.88 Å². The van der Waals surface area contributed by atoms with Crippen molar-refractivity contribution in [3.05, 3.63) is 29.3 Å². The number of alkyl halides is 1. The monoisotopic (exact) mass is 253 g/mol. The normalized spacial score (nSPS) is 10.4. The molecule has 0 unspecified atom stereocenters. The second kappa shape index (κ2) is 6.65. The Labute approximate surface area is 109 Å². The van der Waals surface area contributed by atoms with Crippen LogP contribution in [0.1, 0.15) is 31.4 Å². The van der Waals surface area contributed by atoms with Gasteiger partial charge in [-0.3, -0.25) is 4.79 Å². The molecule has 1 amide bonds. The van der Waals surface area contributed by atoms with Crippen LogP contribution in [0.5, 0.6) is 0 Å². The first-order valence-corrected chi connectivity index (χ1v) is 6.57. The first-order chi connectivity index (χ1) is 8.10. The Morgan fingerprint density at radius 1 is 1.41 bits per heavy atom. The molecule has 0 aromatic heterocycles. The Morgan fingerprint density at radius 2 is 2.12 bits per heavy atom. The minimum atomic E-state index is 0.0973. The molecular formula is C14H20ClNO. The number of hydrogen-bond donors (Lipinski definition) is 0. The van der Waals surface area contributed by atoms with Crippen LogP contribution in [0.4, 0.5) is 5.69 Å². The number of benzene rings is 1. The molecule has 0 saturated heterocycles. The molecule has 1 aromatic carbocycles. The highest BCUT2D eigenvalue weighted by atomic mass is 35.5. The summed E-state index contributed by atoms with van der Waals surface area (Å²) in [4.78, 5) is 13.4. The van der Waals surface area contributed by atoms with E-state index in [2.05, 4.69) is 19.1 Å². The van der Waals surface area contributed by atoms with Gasteiger partial charge in [-0.2, -0.15) is 0 Å². The zero-order chi connectivity index (χ0) is 12.8. The van der Waals surface area contributed by atoms with Crippen LogP contribution in [-0.4, -0.2) is 18.3 Å². The maximum Gasteiger partial charge on any atom is 0.223 e. The summed E-state index contributed by atoms with van der Waals surface area (Å²) in [5, 5.41) is 0. The van der Waals surface area contributed by atoms with E-state index < -0.39 is 0 Å². The fourth-order valence-electron chi connectivity index (χ4n) is 1.96. The molecule has 2 nitrogen and oxygen atoms in total. The summed E-state index contributed by atoms with van der Waals surface area (Å²) in [7, 11) is 0. The van der Waals surface area contributed by atoms with E-state index in [4.69, 9.17) is 11.6 Å². The average molecular weight is 254 g/mol. The van der Waals surface area contributed by atoms with Crippen LogP contribution in [0.15, 0.2) is 18.2 Å². The Morgan fingerprint density at radius 3 is 2.59 bits per heavy atom. The molecule has 0 aliphatic carbocycles. The van der Waals surface area contributed by atoms with Crippen molar-refractivity contribution < 1.29 is 4.79 Å². The molecule has 0 aliphatic rings. The summed E-state index contributed by atoms with van der Waals surface area (Å²) in [5.74, 6) is 0.726. The van der Waals surface area contributed by atoms with Gasteiger partial charge in [0.15, 0.2) is 0 Å². The van der Waals surface area contributed by atoms with E-state index >= 15 is 0 Å². The lowest BCUT2D eigenvalue weighted by Gasteiger charge is -2.23. The summed E-state index contributed by atoms with van der Waals surface area (Å²) in [6, 6.07) is 6.19. The second-order valence-corrected chi connectivity index (χ2v) is 4.61. The maximum absolute atomic E-state index is 11.6. The number of amides is 1. The molecule has 1 rings (SSSR count). The Kier molecular flexibility index (Phi) is 5.49. The summed E-state index contributed by atoms with van der Waals surface area (Å²) < 4.78 is 0. The largest absolute Gasteiger partial charge is 0.312 e. The topological polar surface area (TPSA) is 20.3 Å². The van der Waals surface area contributed by atoms with Gasteiger partial charge in [0.25, 0.3) is 0 Å². The van der Waals surface area contributed by atoms with Crippen molar-refractivity contribution in [3.8, 4) is 0 Å². The van der Waals surface area contributed by atoms with E-state index in [1.807, 2.05) is 17.9 Å². The van der Waals surface area contributed by atoms with Crippen molar-refractivity contribution >= 4 is 23.2 Å². The van der Waals surface area contributed by atoms with Crippen LogP contribution >= 0.6 is 11.6 Å². The first kappa shape index (κ1) is 14.0. The van der Waals surface area contributed by atoms with Gasteiger partial charge in [-0.05, 0) is 37.0 Å². The molecule has 0 spiro atoms. The predicted molar refractivity (Wildman–Crippen MR) is 73.9 cm³/mol. The molecule has 0 atom stereocenters. The molecule has 3 heteroatoms. The summed E-state index contributed by atoms with van der Waals surface area (Å²) in [6.45, 7) is 6.50. The molecule has 0 aliphatic heterocycles. The van der Waals surface area contributed by atoms with E-state index in [9.17, 15) is 4.79 Å². The molecule has 94 valence electrons. The van der Waals surface area contributed by atoms with Crippen LogP contribution < -0.4 is 4.90 Å². The fourth-order valence-corrected chi connectivity index (χ4v) is 2.17. The summed E-state index contributed by atoms with van der Waals surface area (Å²) in [5.41, 5.74) is 3.37. The number of aryl methyl sites for hydroxylation is 2. The van der Waals surface area contributed by atoms with Crippen molar-refractivity contribution in [3.63, 3.8) is 0 Å². The first-order valence-electron chi connectivity index (χ1n) is 6.03. The van der Waals surface area contributed by atoms with Crippen LogP contribution in [0.25, 0.3) is 0 Å². The van der Waals surface area contributed by atoms with Gasteiger partial charge >= 0.3 is 0 Å². The molecule has 17 heavy (non-hydrogen) atoms. The van der Waals surface area contributed by atoms with Gasteiger partial charge in [0.2, 0.25) is 5.91 Å². The van der Waals surface area contributed by atoms with Gasteiger partial charge in [0, 0.05) is 25.0 Å². The van der Waals surface area contributed by atoms with Gasteiger partial charge in [0.1, 0.15) is 0 Å². The highest BCUT2D eigenvalue weighted by Crippen LogP contribution is 2.22. The zero-order valence-corrected chi connectivity index (χ0v) is 11.5. The lowest BCUT2D eigenvalue weighted by atomic mass is 10.1. The third-order valence-corrected chi connectivity index (χ3v) is 2.95. The van der Waals surface area contributed by atoms with Gasteiger partial charge in [-0.15, -0.1) is 11.6 Å². The van der Waals surface area contributed by atoms with Gasteiger partial charge < -0.3 is 4.90 Å². The molecule has 0 saturated carbocycles. The molecule has 0 radical (unpaired) electrons. The van der Waals surface area contributed by atoms with Gasteiger partial charge in [-0.1, -0.05) is 19.1 Å². The zero-order valence-electron chi connectivity index (χ0n) is 10.8. The van der Waals surface area contributed by atoms with E-state index in [0.717, 1.165) is 30.6 Å². The molecular weight excluding hydrogens is 234 g/mol. The summed E-state index contributed by atoms with van der Waals surface area (Å²) >= 11 is 5.73. The van der Waals surface area contributed by atoms with E-state index in [1.165, 1.54) is 5.56 Å². The number of carbonyl (C=O) groups excluding carboxylic acids is 1. The number of hydrogen-bond acceptors (Lipinski definition) is 1. The van der Waals surface area contributed by atoms with Crippen LogP contribution in [0, 0.1) is 6.92 Å². The van der Waals surface area contributed by atoms with Crippen molar-refractivity contribution in [2.24, 2.45) is 0 Å². The predicted octanol–water partition coefficient (Wildman–Crippen LogP) is 3.54. The quantitative estimate of drug-likeness (QED) is 0.735. The van der Waals surface area contributed by atoms with Crippen molar-refractivity contribution in [2.75, 3.05) is 17.3 Å². The van der Waals surface area contributed by atoms with Crippen molar-refractivity contribution in [2.45, 2.75) is 33.6 Å². The standard InChI is InChI=1S/C14H20ClNO/c1-4-9-16(12(3)17)14-6-5-13(7-8-15)10-11(14)2/h5-6,10H,4,7-9H2,1-3H3. The van der Waals surface area contributed by atoms with Crippen LogP contribution in [0.3, 0.4) is 0 Å². The van der Waals surface area contributed by atoms with E-state index in [1.54, 1.807) is 6.92 Å². The van der Waals surface area contributed by atoms with E-state index in [-0.39, 0.29) is 5.91 Å². The molecule has 1 aromatic rings. The average Bonchev–Trinajstić information content (AvgIpc) is 2.27. The minimum Gasteiger partial charge on any atom is -0.312 e.